The molecule has 1 N–H and O–H groups in total. The Bertz CT molecular complexity index is 614. The third-order valence-electron chi connectivity index (χ3n) is 4.71. The first-order valence-corrected chi connectivity index (χ1v) is 10.0. The second-order valence-corrected chi connectivity index (χ2v) is 8.72. The van der Waals surface area contributed by atoms with Crippen LogP contribution in [0.1, 0.15) is 37.3 Å². The van der Waals surface area contributed by atoms with Gasteiger partial charge in [-0.1, -0.05) is 36.6 Å². The Morgan fingerprint density at radius 3 is 2.77 bits per heavy atom. The lowest BCUT2D eigenvalue weighted by Crippen LogP contribution is -2.49. The molecule has 0 bridgehead atoms. The van der Waals surface area contributed by atoms with Crippen LogP contribution in [-0.2, 0) is 10.0 Å². The summed E-state index contributed by atoms with van der Waals surface area (Å²) in [6.07, 6.45) is 4.43. The molecule has 1 saturated heterocycles. The van der Waals surface area contributed by atoms with Gasteiger partial charge in [0.2, 0.25) is 10.0 Å². The summed E-state index contributed by atoms with van der Waals surface area (Å²) in [6.45, 7) is 1.89. The summed E-state index contributed by atoms with van der Waals surface area (Å²) >= 11 is 6.08. The summed E-state index contributed by atoms with van der Waals surface area (Å²) in [5.41, 5.74) is 0.967. The van der Waals surface area contributed by atoms with Crippen LogP contribution in [0.3, 0.4) is 0 Å². The van der Waals surface area contributed by atoms with Crippen molar-refractivity contribution in [2.75, 3.05) is 25.4 Å². The molecule has 4 nitrogen and oxygen atoms in total. The van der Waals surface area contributed by atoms with E-state index in [0.717, 1.165) is 18.4 Å². The topological polar surface area (TPSA) is 49.4 Å². The molecule has 2 aliphatic rings. The monoisotopic (exact) mass is 342 g/mol. The molecule has 1 unspecified atom stereocenters. The maximum absolute atomic E-state index is 12.9. The van der Waals surface area contributed by atoms with Gasteiger partial charge in [-0.15, -0.1) is 0 Å². The van der Waals surface area contributed by atoms with Gasteiger partial charge in [0.15, 0.2) is 0 Å². The molecule has 1 aromatic carbocycles. The highest BCUT2D eigenvalue weighted by molar-refractivity contribution is 7.89. The van der Waals surface area contributed by atoms with Crippen LogP contribution in [0.5, 0.6) is 0 Å². The third kappa shape index (κ3) is 3.65. The second-order valence-electron chi connectivity index (χ2n) is 6.31. The van der Waals surface area contributed by atoms with Crippen molar-refractivity contribution in [2.45, 2.75) is 31.7 Å². The van der Waals surface area contributed by atoms with Gasteiger partial charge < -0.3 is 5.32 Å². The Morgan fingerprint density at radius 2 is 2.05 bits per heavy atom. The summed E-state index contributed by atoms with van der Waals surface area (Å²) < 4.78 is 27.4. The number of piperazine rings is 1. The van der Waals surface area contributed by atoms with Crippen molar-refractivity contribution in [1.82, 2.24) is 9.62 Å². The Kier molecular flexibility index (Phi) is 5.07. The Labute approximate surface area is 137 Å². The van der Waals surface area contributed by atoms with Crippen LogP contribution in [0, 0.1) is 5.92 Å². The Balaban J connectivity index is 1.82. The third-order valence-corrected chi connectivity index (χ3v) is 6.99. The van der Waals surface area contributed by atoms with E-state index in [4.69, 9.17) is 11.6 Å². The van der Waals surface area contributed by atoms with Gasteiger partial charge in [-0.25, -0.2) is 8.42 Å². The lowest BCUT2D eigenvalue weighted by molar-refractivity contribution is 0.270. The van der Waals surface area contributed by atoms with Gasteiger partial charge in [0.25, 0.3) is 0 Å². The van der Waals surface area contributed by atoms with Gasteiger partial charge >= 0.3 is 0 Å². The minimum atomic E-state index is -3.23. The lowest BCUT2D eigenvalue weighted by atomic mass is 10.1. The molecule has 1 heterocycles. The van der Waals surface area contributed by atoms with Crippen LogP contribution in [0.2, 0.25) is 5.02 Å². The minimum absolute atomic E-state index is 0.154. The first kappa shape index (κ1) is 16.2. The molecule has 0 amide bonds. The quantitative estimate of drug-likeness (QED) is 0.915. The molecule has 1 saturated carbocycles. The van der Waals surface area contributed by atoms with Crippen LogP contribution in [0.15, 0.2) is 24.3 Å². The van der Waals surface area contributed by atoms with E-state index in [1.165, 1.54) is 12.8 Å². The molecular formula is C16H23ClN2O2S. The van der Waals surface area contributed by atoms with Crippen molar-refractivity contribution in [3.63, 3.8) is 0 Å². The maximum Gasteiger partial charge on any atom is 0.215 e. The van der Waals surface area contributed by atoms with Crippen LogP contribution in [-0.4, -0.2) is 38.1 Å². The van der Waals surface area contributed by atoms with Gasteiger partial charge in [0, 0.05) is 24.7 Å². The highest BCUT2D eigenvalue weighted by Crippen LogP contribution is 2.31. The number of rotatable bonds is 4. The summed E-state index contributed by atoms with van der Waals surface area (Å²) in [7, 11) is -3.23. The summed E-state index contributed by atoms with van der Waals surface area (Å²) in [4.78, 5) is 0. The predicted octanol–water partition coefficient (Wildman–Crippen LogP) is 2.81. The van der Waals surface area contributed by atoms with Crippen molar-refractivity contribution in [1.29, 1.82) is 0 Å². The van der Waals surface area contributed by atoms with E-state index in [9.17, 15) is 8.42 Å². The molecule has 0 spiro atoms. The summed E-state index contributed by atoms with van der Waals surface area (Å²) in [5, 5.41) is 3.95. The second kappa shape index (κ2) is 6.87. The number of hydrogen-bond donors (Lipinski definition) is 1. The molecule has 122 valence electrons. The lowest BCUT2D eigenvalue weighted by Gasteiger charge is -2.36. The van der Waals surface area contributed by atoms with E-state index in [2.05, 4.69) is 5.32 Å². The number of halogens is 1. The maximum atomic E-state index is 12.9. The zero-order chi connectivity index (χ0) is 15.6. The van der Waals surface area contributed by atoms with Gasteiger partial charge in [0.05, 0.1) is 11.8 Å². The van der Waals surface area contributed by atoms with Gasteiger partial charge in [-0.2, -0.15) is 4.31 Å². The van der Waals surface area contributed by atoms with Crippen LogP contribution >= 0.6 is 11.6 Å². The van der Waals surface area contributed by atoms with E-state index in [0.29, 0.717) is 36.3 Å². The number of hydrogen-bond acceptors (Lipinski definition) is 3. The highest BCUT2D eigenvalue weighted by atomic mass is 35.5. The van der Waals surface area contributed by atoms with Crippen molar-refractivity contribution in [3.05, 3.63) is 34.9 Å². The minimum Gasteiger partial charge on any atom is -0.313 e. The molecule has 1 atom stereocenters. The zero-order valence-corrected chi connectivity index (χ0v) is 14.2. The van der Waals surface area contributed by atoms with Crippen LogP contribution < -0.4 is 5.32 Å². The van der Waals surface area contributed by atoms with Crippen molar-refractivity contribution in [2.24, 2.45) is 5.92 Å². The molecule has 0 aromatic heterocycles. The van der Waals surface area contributed by atoms with Crippen LogP contribution in [0.25, 0.3) is 0 Å². The molecule has 1 aliphatic heterocycles. The smallest absolute Gasteiger partial charge is 0.215 e. The Morgan fingerprint density at radius 1 is 1.27 bits per heavy atom. The van der Waals surface area contributed by atoms with E-state index in [1.807, 2.05) is 24.3 Å². The van der Waals surface area contributed by atoms with Crippen LogP contribution in [0.4, 0.5) is 0 Å². The average molecular weight is 343 g/mol. The fraction of sp³-hybridized carbons (Fsp3) is 0.625. The average Bonchev–Trinajstić information content (AvgIpc) is 2.99. The molecule has 2 fully saturated rings. The molecule has 1 aliphatic carbocycles. The standard InChI is InChI=1S/C16H23ClN2O2S/c17-15-7-3-6-14(10-15)16-11-18-8-9-19(16)22(20,21)12-13-4-1-2-5-13/h3,6-7,10,13,16,18H,1-2,4-5,8-9,11-12H2. The number of nitrogens with one attached hydrogen (secondary N) is 1. The molecule has 6 heteroatoms. The fourth-order valence-electron chi connectivity index (χ4n) is 3.59. The zero-order valence-electron chi connectivity index (χ0n) is 12.7. The van der Waals surface area contributed by atoms with E-state index in [1.54, 1.807) is 4.31 Å². The van der Waals surface area contributed by atoms with Crippen molar-refractivity contribution < 1.29 is 8.42 Å². The van der Waals surface area contributed by atoms with Crippen molar-refractivity contribution in [3.8, 4) is 0 Å². The van der Waals surface area contributed by atoms with Gasteiger partial charge in [-0.05, 0) is 36.5 Å². The number of benzene rings is 1. The predicted molar refractivity (Wildman–Crippen MR) is 89.5 cm³/mol. The van der Waals surface area contributed by atoms with E-state index < -0.39 is 10.0 Å². The number of sulfonamides is 1. The fourth-order valence-corrected chi connectivity index (χ4v) is 5.86. The van der Waals surface area contributed by atoms with E-state index >= 15 is 0 Å². The normalized spacial score (nSPS) is 24.7. The SMILES string of the molecule is O=S(=O)(CC1CCCC1)N1CCNCC1c1cccc(Cl)c1. The largest absolute Gasteiger partial charge is 0.313 e. The molecule has 3 rings (SSSR count). The molecule has 1 aromatic rings. The molecular weight excluding hydrogens is 320 g/mol. The van der Waals surface area contributed by atoms with Gasteiger partial charge in [0.1, 0.15) is 0 Å². The summed E-state index contributed by atoms with van der Waals surface area (Å²) in [6, 6.07) is 7.38. The number of nitrogens with zero attached hydrogens (tertiary/aromatic N) is 1. The van der Waals surface area contributed by atoms with Crippen molar-refractivity contribution >= 4 is 21.6 Å². The molecule has 0 radical (unpaired) electrons. The van der Waals surface area contributed by atoms with E-state index in [-0.39, 0.29) is 6.04 Å². The first-order chi connectivity index (χ1) is 10.6. The summed E-state index contributed by atoms with van der Waals surface area (Å²) in [5.74, 6) is 0.629. The van der Waals surface area contributed by atoms with Gasteiger partial charge in [-0.3, -0.25) is 0 Å². The highest BCUT2D eigenvalue weighted by Gasteiger charge is 2.35. The Hall–Kier alpha value is -0.620. The first-order valence-electron chi connectivity index (χ1n) is 8.02. The molecule has 22 heavy (non-hydrogen) atoms.